The van der Waals surface area contributed by atoms with E-state index < -0.39 is 19.4 Å². The smallest absolute Gasteiger partial charge is 0.323 e. The average molecular weight is 448 g/mol. The zero-order valence-electron chi connectivity index (χ0n) is 17.1. The number of rotatable bonds is 6. The van der Waals surface area contributed by atoms with Gasteiger partial charge in [-0.3, -0.25) is 10.3 Å². The second kappa shape index (κ2) is 9.46. The van der Waals surface area contributed by atoms with E-state index in [4.69, 9.17) is 0 Å². The number of amides is 2. The first-order valence-corrected chi connectivity index (χ1v) is 10.9. The van der Waals surface area contributed by atoms with E-state index in [-0.39, 0.29) is 11.8 Å². The number of fused-ring (bicyclic) bond motifs is 1. The number of halogens is 2. The molecule has 0 unspecified atom stereocenters. The van der Waals surface area contributed by atoms with Crippen LogP contribution >= 0.6 is 11.3 Å². The van der Waals surface area contributed by atoms with Crippen molar-refractivity contribution in [2.75, 3.05) is 37.1 Å². The normalized spacial score (nSPS) is 14.3. The number of alkyl halides is 2. The minimum absolute atomic E-state index is 0.223. The van der Waals surface area contributed by atoms with Crippen molar-refractivity contribution < 1.29 is 13.6 Å². The van der Waals surface area contributed by atoms with Crippen LogP contribution in [0.4, 0.5) is 25.1 Å². The van der Waals surface area contributed by atoms with Gasteiger partial charge < -0.3 is 10.2 Å². The molecule has 3 aromatic rings. The molecule has 1 aliphatic heterocycles. The van der Waals surface area contributed by atoms with E-state index in [0.717, 1.165) is 24.3 Å². The molecule has 0 radical (unpaired) electrons. The van der Waals surface area contributed by atoms with E-state index in [1.54, 1.807) is 23.4 Å². The molecule has 1 saturated heterocycles. The van der Waals surface area contributed by atoms with Gasteiger partial charge in [0.15, 0.2) is 10.8 Å². The minimum Gasteiger partial charge on any atom is -0.374 e. The second-order valence-corrected chi connectivity index (χ2v) is 8.57. The summed E-state index contributed by atoms with van der Waals surface area (Å²) < 4.78 is 26.7. The maximum atomic E-state index is 13.3. The Labute approximate surface area is 182 Å². The van der Waals surface area contributed by atoms with Gasteiger partial charge in [0.25, 0.3) is 0 Å². The van der Waals surface area contributed by atoms with Gasteiger partial charge in [0, 0.05) is 36.3 Å². The highest BCUT2D eigenvalue weighted by atomic mass is 32.1. The molecule has 0 spiro atoms. The summed E-state index contributed by atoms with van der Waals surface area (Å²) in [6.07, 6.45) is 6.20. The standard InChI is InChI=1S/C20H23F2N7OS/c1-12-27-28-19(31-12)16-7-15-13(10-23-16)11-24-18(17(15)25-14(8-21)9-22)26-20(30)29-5-3-2-4-6-29/h7,10-11,14,25H,2-6,8-9H2,1H3,(H,24,26,30). The lowest BCUT2D eigenvalue weighted by atomic mass is 10.1. The molecule has 2 N–H and O–H groups in total. The summed E-state index contributed by atoms with van der Waals surface area (Å²) in [5.41, 5.74) is 0.936. The average Bonchev–Trinajstić information content (AvgIpc) is 3.24. The van der Waals surface area contributed by atoms with E-state index in [0.29, 0.717) is 40.3 Å². The summed E-state index contributed by atoms with van der Waals surface area (Å²) in [5.74, 6) is 0.223. The number of anilines is 2. The molecule has 4 heterocycles. The summed E-state index contributed by atoms with van der Waals surface area (Å²) in [6.45, 7) is 1.38. The Morgan fingerprint density at radius 2 is 1.90 bits per heavy atom. The molecule has 0 atom stereocenters. The van der Waals surface area contributed by atoms with Gasteiger partial charge in [0.1, 0.15) is 24.1 Å². The number of pyridine rings is 2. The van der Waals surface area contributed by atoms with Crippen LogP contribution in [0.1, 0.15) is 24.3 Å². The van der Waals surface area contributed by atoms with Crippen molar-refractivity contribution in [3.63, 3.8) is 0 Å². The largest absolute Gasteiger partial charge is 0.374 e. The summed E-state index contributed by atoms with van der Waals surface area (Å²) in [6, 6.07) is 0.433. The molecule has 0 saturated carbocycles. The predicted octanol–water partition coefficient (Wildman–Crippen LogP) is 4.19. The Morgan fingerprint density at radius 3 is 2.58 bits per heavy atom. The van der Waals surface area contributed by atoms with Gasteiger partial charge in [-0.25, -0.2) is 18.6 Å². The molecule has 2 amide bonds. The fraction of sp³-hybridized carbons (Fsp3) is 0.450. The van der Waals surface area contributed by atoms with Crippen LogP contribution in [0.3, 0.4) is 0 Å². The maximum Gasteiger partial charge on any atom is 0.323 e. The molecule has 0 aliphatic carbocycles. The monoisotopic (exact) mass is 447 g/mol. The zero-order chi connectivity index (χ0) is 21.8. The summed E-state index contributed by atoms with van der Waals surface area (Å²) >= 11 is 1.39. The Morgan fingerprint density at radius 1 is 1.16 bits per heavy atom. The maximum absolute atomic E-state index is 13.3. The Bertz CT molecular complexity index is 1070. The van der Waals surface area contributed by atoms with Crippen LogP contribution in [-0.2, 0) is 0 Å². The number of likely N-dealkylation sites (tertiary alicyclic amines) is 1. The number of urea groups is 1. The highest BCUT2D eigenvalue weighted by Crippen LogP contribution is 2.33. The number of carbonyl (C=O) groups is 1. The number of hydrogen-bond donors (Lipinski definition) is 2. The molecule has 0 aromatic carbocycles. The number of nitrogens with one attached hydrogen (secondary N) is 2. The second-order valence-electron chi connectivity index (χ2n) is 7.39. The minimum atomic E-state index is -1.06. The van der Waals surface area contributed by atoms with E-state index >= 15 is 0 Å². The van der Waals surface area contributed by atoms with Crippen LogP contribution in [0, 0.1) is 6.92 Å². The van der Waals surface area contributed by atoms with Crippen LogP contribution in [-0.4, -0.2) is 63.6 Å². The first-order chi connectivity index (χ1) is 15.1. The molecular weight excluding hydrogens is 424 g/mol. The SMILES string of the molecule is Cc1nnc(-c2cc3c(NC(CF)CF)c(NC(=O)N4CCCCC4)ncc3cn2)s1. The van der Waals surface area contributed by atoms with Crippen molar-refractivity contribution in [2.45, 2.75) is 32.2 Å². The number of hydrogen-bond acceptors (Lipinski definition) is 7. The highest BCUT2D eigenvalue weighted by molar-refractivity contribution is 7.14. The van der Waals surface area contributed by atoms with Gasteiger partial charge in [0.05, 0.1) is 11.7 Å². The lowest BCUT2D eigenvalue weighted by Crippen LogP contribution is -2.39. The van der Waals surface area contributed by atoms with Gasteiger partial charge >= 0.3 is 6.03 Å². The van der Waals surface area contributed by atoms with Crippen molar-refractivity contribution in [3.8, 4) is 10.7 Å². The lowest BCUT2D eigenvalue weighted by Gasteiger charge is -2.27. The summed E-state index contributed by atoms with van der Waals surface area (Å²) in [4.78, 5) is 23.2. The zero-order valence-corrected chi connectivity index (χ0v) is 17.9. The van der Waals surface area contributed by atoms with Crippen LogP contribution < -0.4 is 10.6 Å². The van der Waals surface area contributed by atoms with Crippen LogP contribution in [0.2, 0.25) is 0 Å². The molecule has 31 heavy (non-hydrogen) atoms. The van der Waals surface area contributed by atoms with Gasteiger partial charge in [-0.2, -0.15) is 0 Å². The number of carbonyl (C=O) groups excluding carboxylic acids is 1. The fourth-order valence-corrected chi connectivity index (χ4v) is 4.13. The van der Waals surface area contributed by atoms with E-state index in [1.807, 2.05) is 6.92 Å². The quantitative estimate of drug-likeness (QED) is 0.588. The predicted molar refractivity (Wildman–Crippen MR) is 117 cm³/mol. The Balaban J connectivity index is 1.75. The lowest BCUT2D eigenvalue weighted by molar-refractivity contribution is 0.200. The van der Waals surface area contributed by atoms with Crippen LogP contribution in [0.15, 0.2) is 18.5 Å². The summed E-state index contributed by atoms with van der Waals surface area (Å²) in [5, 5.41) is 16.6. The van der Waals surface area contributed by atoms with Crippen molar-refractivity contribution in [1.29, 1.82) is 0 Å². The van der Waals surface area contributed by atoms with E-state index in [1.165, 1.54) is 11.3 Å². The molecule has 11 heteroatoms. The number of nitrogens with zero attached hydrogens (tertiary/aromatic N) is 5. The third kappa shape index (κ3) is 4.71. The topological polar surface area (TPSA) is 95.9 Å². The molecule has 164 valence electrons. The first-order valence-electron chi connectivity index (χ1n) is 10.1. The van der Waals surface area contributed by atoms with Crippen molar-refractivity contribution in [3.05, 3.63) is 23.5 Å². The van der Waals surface area contributed by atoms with Gasteiger partial charge in [-0.15, -0.1) is 10.2 Å². The van der Waals surface area contributed by atoms with E-state index in [2.05, 4.69) is 30.8 Å². The Hall–Kier alpha value is -2.95. The van der Waals surface area contributed by atoms with Gasteiger partial charge in [-0.05, 0) is 32.3 Å². The molecular formula is C20H23F2N7OS. The third-order valence-electron chi connectivity index (χ3n) is 5.11. The summed E-state index contributed by atoms with van der Waals surface area (Å²) in [7, 11) is 0. The van der Waals surface area contributed by atoms with Crippen molar-refractivity contribution >= 4 is 39.6 Å². The number of aromatic nitrogens is 4. The van der Waals surface area contributed by atoms with Gasteiger partial charge in [-0.1, -0.05) is 11.3 Å². The molecule has 0 bridgehead atoms. The Kier molecular flexibility index (Phi) is 6.50. The van der Waals surface area contributed by atoms with Crippen molar-refractivity contribution in [2.24, 2.45) is 0 Å². The third-order valence-corrected chi connectivity index (χ3v) is 5.97. The van der Waals surface area contributed by atoms with Gasteiger partial charge in [0.2, 0.25) is 0 Å². The van der Waals surface area contributed by atoms with E-state index in [9.17, 15) is 13.6 Å². The molecule has 3 aromatic heterocycles. The molecule has 4 rings (SSSR count). The highest BCUT2D eigenvalue weighted by Gasteiger charge is 2.21. The van der Waals surface area contributed by atoms with Crippen LogP contribution in [0.5, 0.6) is 0 Å². The number of piperidine rings is 1. The van der Waals surface area contributed by atoms with Crippen molar-refractivity contribution in [1.82, 2.24) is 25.1 Å². The van der Waals surface area contributed by atoms with Crippen LogP contribution in [0.25, 0.3) is 21.5 Å². The molecule has 1 fully saturated rings. The molecule has 1 aliphatic rings. The molecule has 8 nitrogen and oxygen atoms in total. The fourth-order valence-electron chi connectivity index (χ4n) is 3.47. The first kappa shape index (κ1) is 21.3. The number of aryl methyl sites for hydroxylation is 1.